The zero-order chi connectivity index (χ0) is 19.1. The molecular formula is C20H20N2O5. The highest BCUT2D eigenvalue weighted by molar-refractivity contribution is 5.43. The molecule has 2 unspecified atom stereocenters. The fraction of sp³-hybridized carbons (Fsp3) is 0.400. The third-order valence-corrected chi connectivity index (χ3v) is 5.51. The van der Waals surface area contributed by atoms with Crippen LogP contribution >= 0.6 is 0 Å². The van der Waals surface area contributed by atoms with Gasteiger partial charge in [0.05, 0.1) is 6.07 Å². The molecular weight excluding hydrogens is 348 g/mol. The molecule has 27 heavy (non-hydrogen) atoms. The predicted molar refractivity (Wildman–Crippen MR) is 96.7 cm³/mol. The maximum atomic E-state index is 11.3. The number of hydrogen-bond acceptors (Lipinski definition) is 6. The van der Waals surface area contributed by atoms with E-state index in [1.807, 2.05) is 0 Å². The van der Waals surface area contributed by atoms with Crippen molar-refractivity contribution in [2.45, 2.75) is 24.0 Å². The van der Waals surface area contributed by atoms with E-state index in [4.69, 9.17) is 4.42 Å². The van der Waals surface area contributed by atoms with Gasteiger partial charge >= 0.3 is 5.88 Å². The van der Waals surface area contributed by atoms with Crippen LogP contribution in [0.3, 0.4) is 0 Å². The van der Waals surface area contributed by atoms with Crippen LogP contribution in [0.5, 0.6) is 0 Å². The molecule has 2 atom stereocenters. The fourth-order valence-electron chi connectivity index (χ4n) is 3.95. The SMILES string of the molecule is O=[N+]([O-])c1ccc(C(O)(C#CC2(O)CN3CCC2CC3)c2ccccc2)o1. The second-order valence-electron chi connectivity index (χ2n) is 7.20. The summed E-state index contributed by atoms with van der Waals surface area (Å²) < 4.78 is 5.26. The van der Waals surface area contributed by atoms with Crippen molar-refractivity contribution in [2.24, 2.45) is 5.92 Å². The van der Waals surface area contributed by atoms with Crippen LogP contribution in [0.4, 0.5) is 5.88 Å². The van der Waals surface area contributed by atoms with E-state index < -0.39 is 22.0 Å². The van der Waals surface area contributed by atoms with Crippen molar-refractivity contribution >= 4 is 5.88 Å². The van der Waals surface area contributed by atoms with E-state index in [0.29, 0.717) is 12.1 Å². The third-order valence-electron chi connectivity index (χ3n) is 5.51. The lowest BCUT2D eigenvalue weighted by molar-refractivity contribution is -0.402. The maximum absolute atomic E-state index is 11.3. The van der Waals surface area contributed by atoms with Gasteiger partial charge in [0.15, 0.2) is 5.76 Å². The Hall–Kier alpha value is -2.66. The Morgan fingerprint density at radius 3 is 2.48 bits per heavy atom. The largest absolute Gasteiger partial charge is 0.433 e. The first-order valence-corrected chi connectivity index (χ1v) is 8.92. The smallest absolute Gasteiger partial charge is 0.401 e. The molecule has 0 radical (unpaired) electrons. The van der Waals surface area contributed by atoms with Crippen LogP contribution in [0.25, 0.3) is 0 Å². The fourth-order valence-corrected chi connectivity index (χ4v) is 3.95. The zero-order valence-electron chi connectivity index (χ0n) is 14.7. The van der Waals surface area contributed by atoms with Crippen LogP contribution in [0.2, 0.25) is 0 Å². The standard InChI is InChI=1S/C20H20N2O5/c23-19(14-21-12-8-15(19)9-13-21)10-11-20(24,16-4-2-1-3-5-16)17-6-7-18(27-17)22(25)26/h1-7,15,23-24H,8-9,12-14H2. The van der Waals surface area contributed by atoms with E-state index in [-0.39, 0.29) is 11.7 Å². The summed E-state index contributed by atoms with van der Waals surface area (Å²) in [7, 11) is 0. The maximum Gasteiger partial charge on any atom is 0.433 e. The molecule has 140 valence electrons. The van der Waals surface area contributed by atoms with Gasteiger partial charge in [-0.2, -0.15) is 0 Å². The van der Waals surface area contributed by atoms with Crippen LogP contribution in [0.1, 0.15) is 24.2 Å². The Balaban J connectivity index is 1.77. The molecule has 5 rings (SSSR count). The molecule has 7 nitrogen and oxygen atoms in total. The number of nitrogens with zero attached hydrogens (tertiary/aromatic N) is 2. The number of fused-ring (bicyclic) bond motifs is 3. The summed E-state index contributed by atoms with van der Waals surface area (Å²) in [6.07, 6.45) is 1.72. The van der Waals surface area contributed by atoms with Gasteiger partial charge in [0.25, 0.3) is 0 Å². The minimum absolute atomic E-state index is 0.0437. The van der Waals surface area contributed by atoms with Crippen LogP contribution in [-0.4, -0.2) is 45.3 Å². The van der Waals surface area contributed by atoms with Crippen molar-refractivity contribution in [1.29, 1.82) is 0 Å². The van der Waals surface area contributed by atoms with Crippen molar-refractivity contribution in [3.8, 4) is 11.8 Å². The molecule has 2 bridgehead atoms. The summed E-state index contributed by atoms with van der Waals surface area (Å²) in [6, 6.07) is 11.1. The quantitative estimate of drug-likeness (QED) is 0.487. The molecule has 4 heterocycles. The molecule has 0 saturated carbocycles. The predicted octanol–water partition coefficient (Wildman–Crippen LogP) is 1.88. The van der Waals surface area contributed by atoms with Gasteiger partial charge in [-0.05, 0) is 32.0 Å². The summed E-state index contributed by atoms with van der Waals surface area (Å²) in [5.74, 6) is 5.22. The van der Waals surface area contributed by atoms with Crippen molar-refractivity contribution in [1.82, 2.24) is 4.90 Å². The summed E-state index contributed by atoms with van der Waals surface area (Å²) >= 11 is 0. The summed E-state index contributed by atoms with van der Waals surface area (Å²) in [5, 5.41) is 33.4. The highest BCUT2D eigenvalue weighted by Crippen LogP contribution is 2.37. The van der Waals surface area contributed by atoms with E-state index in [0.717, 1.165) is 25.9 Å². The summed E-state index contributed by atoms with van der Waals surface area (Å²) in [6.45, 7) is 2.33. The van der Waals surface area contributed by atoms with E-state index in [2.05, 4.69) is 16.7 Å². The Morgan fingerprint density at radius 2 is 1.93 bits per heavy atom. The van der Waals surface area contributed by atoms with Gasteiger partial charge in [-0.15, -0.1) is 0 Å². The van der Waals surface area contributed by atoms with E-state index >= 15 is 0 Å². The van der Waals surface area contributed by atoms with E-state index in [9.17, 15) is 20.3 Å². The molecule has 3 saturated heterocycles. The normalized spacial score (nSPS) is 28.8. The van der Waals surface area contributed by atoms with Crippen molar-refractivity contribution in [3.05, 3.63) is 63.9 Å². The van der Waals surface area contributed by atoms with Gasteiger partial charge in [-0.1, -0.05) is 42.2 Å². The monoisotopic (exact) mass is 368 g/mol. The lowest BCUT2D eigenvalue weighted by Crippen LogP contribution is -2.58. The molecule has 3 fully saturated rings. The Labute approximate surface area is 156 Å². The third kappa shape index (κ3) is 3.12. The molecule has 2 aromatic rings. The Bertz CT molecular complexity index is 907. The first kappa shape index (κ1) is 17.7. The molecule has 1 aromatic heterocycles. The highest BCUT2D eigenvalue weighted by Gasteiger charge is 2.45. The van der Waals surface area contributed by atoms with E-state index in [1.165, 1.54) is 12.1 Å². The Morgan fingerprint density at radius 1 is 1.22 bits per heavy atom. The summed E-state index contributed by atoms with van der Waals surface area (Å²) in [5.41, 5.74) is -2.68. The average Bonchev–Trinajstić information content (AvgIpc) is 3.19. The molecule has 3 aliphatic heterocycles. The Kier molecular flexibility index (Phi) is 4.27. The summed E-state index contributed by atoms with van der Waals surface area (Å²) in [4.78, 5) is 12.5. The second-order valence-corrected chi connectivity index (χ2v) is 7.20. The highest BCUT2D eigenvalue weighted by atomic mass is 16.6. The van der Waals surface area contributed by atoms with Crippen LogP contribution in [-0.2, 0) is 5.60 Å². The number of benzene rings is 1. The first-order valence-electron chi connectivity index (χ1n) is 8.92. The molecule has 3 aliphatic rings. The van der Waals surface area contributed by atoms with Crippen molar-refractivity contribution in [3.63, 3.8) is 0 Å². The lowest BCUT2D eigenvalue weighted by atomic mass is 9.75. The van der Waals surface area contributed by atoms with Gasteiger partial charge in [0, 0.05) is 18.0 Å². The molecule has 7 heteroatoms. The van der Waals surface area contributed by atoms with Gasteiger partial charge in [-0.25, -0.2) is 0 Å². The first-order chi connectivity index (χ1) is 12.9. The van der Waals surface area contributed by atoms with Gasteiger partial charge in [0.2, 0.25) is 5.60 Å². The number of piperidine rings is 3. The molecule has 0 spiro atoms. The van der Waals surface area contributed by atoms with E-state index in [1.54, 1.807) is 30.3 Å². The molecule has 2 N–H and O–H groups in total. The molecule has 1 aromatic carbocycles. The lowest BCUT2D eigenvalue weighted by Gasteiger charge is -2.47. The number of nitro groups is 1. The van der Waals surface area contributed by atoms with Crippen LogP contribution in [0, 0.1) is 27.9 Å². The zero-order valence-corrected chi connectivity index (χ0v) is 14.7. The molecule has 0 amide bonds. The van der Waals surface area contributed by atoms with Gasteiger partial charge in [0.1, 0.15) is 10.5 Å². The number of hydrogen-bond donors (Lipinski definition) is 2. The van der Waals surface area contributed by atoms with Gasteiger partial charge in [-0.3, -0.25) is 15.0 Å². The average molecular weight is 368 g/mol. The van der Waals surface area contributed by atoms with Crippen LogP contribution in [0.15, 0.2) is 46.9 Å². The minimum Gasteiger partial charge on any atom is -0.401 e. The van der Waals surface area contributed by atoms with Gasteiger partial charge < -0.3 is 14.6 Å². The molecule has 0 aliphatic carbocycles. The number of rotatable bonds is 3. The van der Waals surface area contributed by atoms with Crippen molar-refractivity contribution < 1.29 is 19.6 Å². The minimum atomic E-state index is -1.89. The van der Waals surface area contributed by atoms with Crippen molar-refractivity contribution in [2.75, 3.05) is 19.6 Å². The second kappa shape index (κ2) is 6.50. The number of furan rings is 1. The topological polar surface area (TPSA) is 100.0 Å². The van der Waals surface area contributed by atoms with Crippen LogP contribution < -0.4 is 0 Å². The number of aliphatic hydroxyl groups is 2.